The van der Waals surface area contributed by atoms with E-state index in [1.807, 2.05) is 24.3 Å². The fourth-order valence-electron chi connectivity index (χ4n) is 3.85. The number of carbonyl (C=O) groups excluding carboxylic acids is 4. The van der Waals surface area contributed by atoms with Crippen molar-refractivity contribution >= 4 is 51.8 Å². The van der Waals surface area contributed by atoms with Gasteiger partial charge in [-0.2, -0.15) is 0 Å². The van der Waals surface area contributed by atoms with E-state index in [1.54, 1.807) is 28.7 Å². The summed E-state index contributed by atoms with van der Waals surface area (Å²) in [6, 6.07) is 7.51. The number of aromatic nitrogens is 1. The van der Waals surface area contributed by atoms with Gasteiger partial charge in [-0.25, -0.2) is 0 Å². The highest BCUT2D eigenvalue weighted by Crippen LogP contribution is 2.34. The van der Waals surface area contributed by atoms with Crippen molar-refractivity contribution in [3.63, 3.8) is 0 Å². The minimum atomic E-state index is -0.468. The molecule has 0 bridgehead atoms. The number of imide groups is 1. The predicted octanol–water partition coefficient (Wildman–Crippen LogP) is 2.86. The Balaban J connectivity index is 1.58. The molecule has 9 heteroatoms. The van der Waals surface area contributed by atoms with Crippen LogP contribution in [-0.2, 0) is 25.7 Å². The lowest BCUT2D eigenvalue weighted by atomic mass is 10.1. The summed E-state index contributed by atoms with van der Waals surface area (Å²) in [4.78, 5) is 52.6. The first kappa shape index (κ1) is 21.2. The molecule has 4 rings (SSSR count). The molecule has 2 saturated heterocycles. The molecule has 8 nitrogen and oxygen atoms in total. The van der Waals surface area contributed by atoms with Crippen LogP contribution in [0.15, 0.2) is 35.4 Å². The molecule has 31 heavy (non-hydrogen) atoms. The first-order chi connectivity index (χ1) is 15.0. The Bertz CT molecular complexity index is 1080. The number of benzene rings is 1. The Kier molecular flexibility index (Phi) is 6.13. The molecule has 0 N–H and O–H groups in total. The average molecular weight is 442 g/mol. The largest absolute Gasteiger partial charge is 0.465 e. The van der Waals surface area contributed by atoms with Crippen molar-refractivity contribution in [2.75, 3.05) is 26.2 Å². The maximum atomic E-state index is 12.8. The van der Waals surface area contributed by atoms with E-state index in [1.165, 1.54) is 0 Å². The lowest BCUT2D eigenvalue weighted by Crippen LogP contribution is -2.40. The third-order valence-corrected chi connectivity index (χ3v) is 6.24. The van der Waals surface area contributed by atoms with Gasteiger partial charge in [0.15, 0.2) is 0 Å². The van der Waals surface area contributed by atoms with Crippen molar-refractivity contribution in [2.45, 2.75) is 26.3 Å². The van der Waals surface area contributed by atoms with Crippen molar-refractivity contribution in [3.05, 3.63) is 40.9 Å². The summed E-state index contributed by atoms with van der Waals surface area (Å²) >= 11 is 0.828. The molecular formula is C22H23N3O5S. The Morgan fingerprint density at radius 1 is 1.13 bits per heavy atom. The Morgan fingerprint density at radius 3 is 2.61 bits per heavy atom. The first-order valence-corrected chi connectivity index (χ1v) is 11.1. The number of fused-ring (bicyclic) bond motifs is 1. The van der Waals surface area contributed by atoms with Crippen LogP contribution in [0.2, 0.25) is 0 Å². The number of thioether (sulfide) groups is 1. The van der Waals surface area contributed by atoms with Gasteiger partial charge in [0.2, 0.25) is 5.91 Å². The molecule has 0 saturated carbocycles. The van der Waals surface area contributed by atoms with Crippen LogP contribution in [0.5, 0.6) is 0 Å². The molecule has 0 aliphatic carbocycles. The standard InChI is InChI=1S/C22H23N3O5S/c1-2-30-20(27)14-24-12-15(16-7-3-4-8-17(16)24)11-18-21(28)25(22(29)31-18)13-19(26)23-9-5-6-10-23/h3-4,7-8,11-12H,2,5-6,9-10,13-14H2,1H3. The monoisotopic (exact) mass is 441 g/mol. The molecule has 3 heterocycles. The van der Waals surface area contributed by atoms with Gasteiger partial charge in [-0.3, -0.25) is 24.1 Å². The molecule has 2 aliphatic rings. The zero-order chi connectivity index (χ0) is 22.0. The van der Waals surface area contributed by atoms with Gasteiger partial charge in [-0.1, -0.05) is 18.2 Å². The van der Waals surface area contributed by atoms with E-state index in [0.717, 1.165) is 46.0 Å². The molecule has 0 radical (unpaired) electrons. The van der Waals surface area contributed by atoms with E-state index in [0.29, 0.717) is 19.7 Å². The van der Waals surface area contributed by atoms with Crippen molar-refractivity contribution in [1.82, 2.24) is 14.4 Å². The van der Waals surface area contributed by atoms with E-state index in [2.05, 4.69) is 0 Å². The molecule has 1 aromatic heterocycles. The summed E-state index contributed by atoms with van der Waals surface area (Å²) < 4.78 is 6.81. The van der Waals surface area contributed by atoms with Crippen LogP contribution in [0, 0.1) is 0 Å². The molecule has 3 amide bonds. The van der Waals surface area contributed by atoms with Crippen LogP contribution in [0.1, 0.15) is 25.3 Å². The Labute approximate surface area is 183 Å². The number of likely N-dealkylation sites (tertiary alicyclic amines) is 1. The van der Waals surface area contributed by atoms with Crippen LogP contribution in [0.25, 0.3) is 17.0 Å². The minimum absolute atomic E-state index is 0.0496. The molecular weight excluding hydrogens is 418 g/mol. The van der Waals surface area contributed by atoms with Gasteiger partial charge in [0, 0.05) is 35.8 Å². The quantitative estimate of drug-likeness (QED) is 0.506. The maximum absolute atomic E-state index is 12.8. The molecule has 0 atom stereocenters. The summed E-state index contributed by atoms with van der Waals surface area (Å²) in [5.74, 6) is -1.02. The van der Waals surface area contributed by atoms with Crippen molar-refractivity contribution in [3.8, 4) is 0 Å². The second-order valence-electron chi connectivity index (χ2n) is 7.39. The smallest absolute Gasteiger partial charge is 0.325 e. The molecule has 1 aromatic carbocycles. The van der Waals surface area contributed by atoms with Crippen molar-refractivity contribution in [2.24, 2.45) is 0 Å². The molecule has 162 valence electrons. The fraction of sp³-hybridized carbons (Fsp3) is 0.364. The molecule has 2 aromatic rings. The number of ether oxygens (including phenoxy) is 1. The summed E-state index contributed by atoms with van der Waals surface area (Å²) in [7, 11) is 0. The lowest BCUT2D eigenvalue weighted by molar-refractivity contribution is -0.143. The lowest BCUT2D eigenvalue weighted by Gasteiger charge is -2.18. The number of para-hydroxylation sites is 1. The van der Waals surface area contributed by atoms with E-state index in [-0.39, 0.29) is 29.9 Å². The minimum Gasteiger partial charge on any atom is -0.465 e. The number of rotatable bonds is 6. The average Bonchev–Trinajstić information content (AvgIpc) is 3.45. The summed E-state index contributed by atoms with van der Waals surface area (Å²) in [5.41, 5.74) is 1.54. The van der Waals surface area contributed by atoms with Crippen LogP contribution < -0.4 is 0 Å². The Hall–Kier alpha value is -3.07. The van der Waals surface area contributed by atoms with E-state index in [4.69, 9.17) is 4.74 Å². The first-order valence-electron chi connectivity index (χ1n) is 10.2. The number of nitrogens with zero attached hydrogens (tertiary/aromatic N) is 3. The number of carbonyl (C=O) groups is 4. The second-order valence-corrected chi connectivity index (χ2v) is 8.38. The summed E-state index contributed by atoms with van der Waals surface area (Å²) in [5, 5.41) is 0.408. The highest BCUT2D eigenvalue weighted by atomic mass is 32.2. The summed E-state index contributed by atoms with van der Waals surface area (Å²) in [6.07, 6.45) is 5.31. The van der Waals surface area contributed by atoms with Gasteiger partial charge in [0.25, 0.3) is 11.1 Å². The van der Waals surface area contributed by atoms with Gasteiger partial charge in [-0.05, 0) is 43.7 Å². The van der Waals surface area contributed by atoms with Crippen LogP contribution >= 0.6 is 11.8 Å². The topological polar surface area (TPSA) is 88.9 Å². The number of esters is 1. The molecule has 2 fully saturated rings. The van der Waals surface area contributed by atoms with Crippen molar-refractivity contribution in [1.29, 1.82) is 0 Å². The maximum Gasteiger partial charge on any atom is 0.325 e. The number of hydrogen-bond donors (Lipinski definition) is 0. The fourth-order valence-corrected chi connectivity index (χ4v) is 4.68. The zero-order valence-electron chi connectivity index (χ0n) is 17.2. The van der Waals surface area contributed by atoms with Crippen LogP contribution in [0.4, 0.5) is 4.79 Å². The number of amides is 3. The van der Waals surface area contributed by atoms with E-state index in [9.17, 15) is 19.2 Å². The van der Waals surface area contributed by atoms with Crippen molar-refractivity contribution < 1.29 is 23.9 Å². The van der Waals surface area contributed by atoms with Crippen LogP contribution in [0.3, 0.4) is 0 Å². The highest BCUT2D eigenvalue weighted by molar-refractivity contribution is 8.18. The SMILES string of the molecule is CCOC(=O)Cn1cc(C=C2SC(=O)N(CC(=O)N3CCCC3)C2=O)c2ccccc21. The normalized spacial score (nSPS) is 17.9. The van der Waals surface area contributed by atoms with Gasteiger partial charge >= 0.3 is 5.97 Å². The van der Waals surface area contributed by atoms with Gasteiger partial charge in [0.1, 0.15) is 13.1 Å². The van der Waals surface area contributed by atoms with Gasteiger partial charge in [-0.15, -0.1) is 0 Å². The zero-order valence-corrected chi connectivity index (χ0v) is 18.0. The highest BCUT2D eigenvalue weighted by Gasteiger charge is 2.37. The van der Waals surface area contributed by atoms with Crippen LogP contribution in [-0.4, -0.2) is 63.6 Å². The Morgan fingerprint density at radius 2 is 1.87 bits per heavy atom. The molecule has 0 spiro atoms. The second kappa shape index (κ2) is 8.97. The summed E-state index contributed by atoms with van der Waals surface area (Å²) in [6.45, 7) is 3.21. The van der Waals surface area contributed by atoms with E-state index >= 15 is 0 Å². The van der Waals surface area contributed by atoms with E-state index < -0.39 is 11.1 Å². The van der Waals surface area contributed by atoms with Gasteiger partial charge < -0.3 is 14.2 Å². The van der Waals surface area contributed by atoms with Gasteiger partial charge in [0.05, 0.1) is 11.5 Å². The number of hydrogen-bond acceptors (Lipinski definition) is 6. The third-order valence-electron chi connectivity index (χ3n) is 5.34. The third kappa shape index (κ3) is 4.36. The predicted molar refractivity (Wildman–Crippen MR) is 117 cm³/mol. The molecule has 2 aliphatic heterocycles. The molecule has 0 unspecified atom stereocenters.